The number of benzene rings is 1. The van der Waals surface area contributed by atoms with Crippen molar-refractivity contribution in [3.8, 4) is 0 Å². The number of aryl methyl sites for hydroxylation is 1. The van der Waals surface area contributed by atoms with Crippen LogP contribution in [0, 0.1) is 6.92 Å². The Balaban J connectivity index is 1.82. The lowest BCUT2D eigenvalue weighted by atomic mass is 10.2. The SMILES string of the molecule is Cc1cc(CNCc2ccc(SC(F)(F)F)cc2)no1. The molecule has 0 bridgehead atoms. The standard InChI is InChI=1S/C13H13F3N2OS/c1-9-6-11(18-19-9)8-17-7-10-2-4-12(5-3-10)20-13(14,15)16/h2-6,17H,7-8H2,1H3. The van der Waals surface area contributed by atoms with Gasteiger partial charge in [0.2, 0.25) is 0 Å². The zero-order valence-electron chi connectivity index (χ0n) is 10.7. The number of rotatable bonds is 5. The summed E-state index contributed by atoms with van der Waals surface area (Å²) in [5.41, 5.74) is -2.53. The average Bonchev–Trinajstić information content (AvgIpc) is 2.75. The van der Waals surface area contributed by atoms with Gasteiger partial charge in [-0.2, -0.15) is 13.2 Å². The Morgan fingerprint density at radius 1 is 1.20 bits per heavy atom. The molecule has 1 N–H and O–H groups in total. The predicted octanol–water partition coefficient (Wildman–Crippen LogP) is 3.88. The summed E-state index contributed by atoms with van der Waals surface area (Å²) in [4.78, 5) is 0.188. The average molecular weight is 302 g/mol. The lowest BCUT2D eigenvalue weighted by Gasteiger charge is -2.07. The molecule has 0 aliphatic heterocycles. The van der Waals surface area contributed by atoms with Crippen molar-refractivity contribution < 1.29 is 17.7 Å². The van der Waals surface area contributed by atoms with Crippen LogP contribution in [0.2, 0.25) is 0 Å². The van der Waals surface area contributed by atoms with Crippen LogP contribution in [0.1, 0.15) is 17.0 Å². The van der Waals surface area contributed by atoms with Crippen LogP contribution in [0.5, 0.6) is 0 Å². The second kappa shape index (κ2) is 6.32. The molecule has 3 nitrogen and oxygen atoms in total. The molecule has 7 heteroatoms. The van der Waals surface area contributed by atoms with Crippen LogP contribution in [0.15, 0.2) is 39.8 Å². The van der Waals surface area contributed by atoms with E-state index in [9.17, 15) is 13.2 Å². The maximum Gasteiger partial charge on any atom is 0.446 e. The number of nitrogens with one attached hydrogen (secondary N) is 1. The third-order valence-electron chi connectivity index (χ3n) is 2.47. The van der Waals surface area contributed by atoms with Crippen molar-refractivity contribution in [2.75, 3.05) is 0 Å². The minimum Gasteiger partial charge on any atom is -0.361 e. The Labute approximate surface area is 118 Å². The molecule has 20 heavy (non-hydrogen) atoms. The summed E-state index contributed by atoms with van der Waals surface area (Å²) in [6.07, 6.45) is 0. The second-order valence-corrected chi connectivity index (χ2v) is 5.36. The normalized spacial score (nSPS) is 11.8. The van der Waals surface area contributed by atoms with Crippen LogP contribution in [-0.4, -0.2) is 10.7 Å². The zero-order chi connectivity index (χ0) is 14.6. The molecule has 108 valence electrons. The molecule has 0 spiro atoms. The van der Waals surface area contributed by atoms with Crippen LogP contribution in [-0.2, 0) is 13.1 Å². The fourth-order valence-corrected chi connectivity index (χ4v) is 2.18. The summed E-state index contributed by atoms with van der Waals surface area (Å²) in [6, 6.07) is 8.12. The molecular formula is C13H13F3N2OS. The van der Waals surface area contributed by atoms with Crippen LogP contribution in [0.4, 0.5) is 13.2 Å². The van der Waals surface area contributed by atoms with Crippen molar-refractivity contribution in [3.05, 3.63) is 47.3 Å². The summed E-state index contributed by atoms with van der Waals surface area (Å²) >= 11 is -0.110. The van der Waals surface area contributed by atoms with E-state index in [0.717, 1.165) is 17.0 Å². The minimum absolute atomic E-state index is 0.110. The highest BCUT2D eigenvalue weighted by atomic mass is 32.2. The first-order chi connectivity index (χ1) is 9.42. The van der Waals surface area contributed by atoms with E-state index >= 15 is 0 Å². The highest BCUT2D eigenvalue weighted by molar-refractivity contribution is 8.00. The third kappa shape index (κ3) is 4.90. The van der Waals surface area contributed by atoms with Crippen LogP contribution in [0.25, 0.3) is 0 Å². The van der Waals surface area contributed by atoms with Crippen molar-refractivity contribution in [1.29, 1.82) is 0 Å². The molecule has 0 radical (unpaired) electrons. The van der Waals surface area contributed by atoms with E-state index in [1.165, 1.54) is 12.1 Å². The van der Waals surface area contributed by atoms with E-state index in [1.807, 2.05) is 13.0 Å². The number of nitrogens with zero attached hydrogens (tertiary/aromatic N) is 1. The number of thioether (sulfide) groups is 1. The third-order valence-corrected chi connectivity index (χ3v) is 3.21. The summed E-state index contributed by atoms with van der Waals surface area (Å²) in [7, 11) is 0. The van der Waals surface area contributed by atoms with Gasteiger partial charge in [-0.05, 0) is 36.4 Å². The Kier molecular flexibility index (Phi) is 4.72. The Morgan fingerprint density at radius 3 is 2.45 bits per heavy atom. The number of halogens is 3. The maximum absolute atomic E-state index is 12.2. The molecule has 0 amide bonds. The summed E-state index contributed by atoms with van der Waals surface area (Å²) in [5.74, 6) is 0.746. The molecule has 0 saturated heterocycles. The quantitative estimate of drug-likeness (QED) is 0.851. The maximum atomic E-state index is 12.2. The number of hydrogen-bond acceptors (Lipinski definition) is 4. The van der Waals surface area contributed by atoms with Crippen LogP contribution < -0.4 is 5.32 Å². The van der Waals surface area contributed by atoms with Gasteiger partial charge in [0.05, 0.1) is 5.69 Å². The molecule has 2 rings (SSSR count). The Hall–Kier alpha value is -1.47. The first-order valence-corrected chi connectivity index (χ1v) is 6.71. The summed E-state index contributed by atoms with van der Waals surface area (Å²) in [6.45, 7) is 2.92. The van der Waals surface area contributed by atoms with Gasteiger partial charge in [-0.25, -0.2) is 0 Å². The predicted molar refractivity (Wildman–Crippen MR) is 70.1 cm³/mol. The monoisotopic (exact) mass is 302 g/mol. The van der Waals surface area contributed by atoms with Crippen molar-refractivity contribution in [3.63, 3.8) is 0 Å². The molecule has 2 aromatic rings. The van der Waals surface area contributed by atoms with Gasteiger partial charge in [0.15, 0.2) is 0 Å². The highest BCUT2D eigenvalue weighted by Crippen LogP contribution is 2.36. The van der Waals surface area contributed by atoms with Gasteiger partial charge < -0.3 is 9.84 Å². The summed E-state index contributed by atoms with van der Waals surface area (Å²) in [5, 5.41) is 6.98. The van der Waals surface area contributed by atoms with Gasteiger partial charge in [-0.15, -0.1) is 0 Å². The first-order valence-electron chi connectivity index (χ1n) is 5.90. The van der Waals surface area contributed by atoms with Gasteiger partial charge >= 0.3 is 5.51 Å². The van der Waals surface area contributed by atoms with Gasteiger partial charge in [-0.3, -0.25) is 0 Å². The molecular weight excluding hydrogens is 289 g/mol. The summed E-state index contributed by atoms with van der Waals surface area (Å²) < 4.78 is 41.4. The molecule has 1 aromatic heterocycles. The lowest BCUT2D eigenvalue weighted by Crippen LogP contribution is -2.12. The highest BCUT2D eigenvalue weighted by Gasteiger charge is 2.28. The van der Waals surface area contributed by atoms with Crippen molar-refractivity contribution in [2.45, 2.75) is 30.4 Å². The molecule has 0 aliphatic rings. The number of aromatic nitrogens is 1. The molecule has 0 fully saturated rings. The van der Waals surface area contributed by atoms with Crippen molar-refractivity contribution in [1.82, 2.24) is 10.5 Å². The molecule has 0 unspecified atom stereocenters. The lowest BCUT2D eigenvalue weighted by molar-refractivity contribution is -0.0328. The van der Waals surface area contributed by atoms with Crippen molar-refractivity contribution >= 4 is 11.8 Å². The Morgan fingerprint density at radius 2 is 1.90 bits per heavy atom. The van der Waals surface area contributed by atoms with E-state index in [1.54, 1.807) is 12.1 Å². The molecule has 1 heterocycles. The van der Waals surface area contributed by atoms with Crippen LogP contribution in [0.3, 0.4) is 0 Å². The van der Waals surface area contributed by atoms with Gasteiger partial charge in [0.1, 0.15) is 5.76 Å². The molecule has 0 aliphatic carbocycles. The van der Waals surface area contributed by atoms with Crippen molar-refractivity contribution in [2.24, 2.45) is 0 Å². The minimum atomic E-state index is -4.25. The fourth-order valence-electron chi connectivity index (χ4n) is 1.65. The van der Waals surface area contributed by atoms with Gasteiger partial charge in [-0.1, -0.05) is 17.3 Å². The molecule has 0 saturated carbocycles. The number of hydrogen-bond donors (Lipinski definition) is 1. The van der Waals surface area contributed by atoms with E-state index in [2.05, 4.69) is 10.5 Å². The smallest absolute Gasteiger partial charge is 0.361 e. The largest absolute Gasteiger partial charge is 0.446 e. The zero-order valence-corrected chi connectivity index (χ0v) is 11.5. The first kappa shape index (κ1) is 14.9. The van der Waals surface area contributed by atoms with Gasteiger partial charge in [0, 0.05) is 24.1 Å². The molecule has 0 atom stereocenters. The topological polar surface area (TPSA) is 38.1 Å². The fraction of sp³-hybridized carbons (Fsp3) is 0.308. The van der Waals surface area contributed by atoms with E-state index in [0.29, 0.717) is 13.1 Å². The Bertz CT molecular complexity index is 551. The number of alkyl halides is 3. The van der Waals surface area contributed by atoms with E-state index < -0.39 is 5.51 Å². The van der Waals surface area contributed by atoms with E-state index in [-0.39, 0.29) is 16.7 Å². The molecule has 1 aromatic carbocycles. The second-order valence-electron chi connectivity index (χ2n) is 4.22. The van der Waals surface area contributed by atoms with Gasteiger partial charge in [0.25, 0.3) is 0 Å². The van der Waals surface area contributed by atoms with E-state index in [4.69, 9.17) is 4.52 Å². The van der Waals surface area contributed by atoms with Crippen LogP contribution >= 0.6 is 11.8 Å².